The maximum Gasteiger partial charge on any atom is 0.311 e. The van der Waals surface area contributed by atoms with Gasteiger partial charge in [-0.25, -0.2) is 4.98 Å². The number of hydrogen-bond donors (Lipinski definition) is 0. The Labute approximate surface area is 104 Å². The molecule has 92 valence electrons. The Morgan fingerprint density at radius 1 is 1.67 bits per heavy atom. The molecule has 1 aliphatic rings. The first-order chi connectivity index (χ1) is 8.67. The number of nitriles is 1. The Balaban J connectivity index is 2.28. The van der Waals surface area contributed by atoms with Crippen LogP contribution in [-0.4, -0.2) is 30.5 Å². The molecule has 2 heterocycles. The minimum absolute atomic E-state index is 0.104. The second-order valence-corrected chi connectivity index (χ2v) is 3.91. The molecule has 6 nitrogen and oxygen atoms in total. The molecule has 2 rings (SSSR count). The Kier molecular flexibility index (Phi) is 3.24. The molecule has 0 aromatic carbocycles. The Morgan fingerprint density at radius 2 is 2.44 bits per heavy atom. The van der Waals surface area contributed by atoms with Gasteiger partial charge in [-0.05, 0) is 12.1 Å². The van der Waals surface area contributed by atoms with Gasteiger partial charge in [0.2, 0.25) is 5.91 Å². The number of carbonyl (C=O) groups excluding carboxylic acids is 2. The fraction of sp³-hybridized carbons (Fsp3) is 0.333. The monoisotopic (exact) mass is 245 g/mol. The number of rotatable bonds is 2. The SMILES string of the molecule is COC(=O)C1CC(=O)N(c2cccnc2C#N)C1. The van der Waals surface area contributed by atoms with Crippen LogP contribution < -0.4 is 4.90 Å². The predicted octanol–water partition coefficient (Wildman–Crippen LogP) is 0.479. The Morgan fingerprint density at radius 3 is 3.11 bits per heavy atom. The van der Waals surface area contributed by atoms with Crippen LogP contribution >= 0.6 is 0 Å². The smallest absolute Gasteiger partial charge is 0.311 e. The number of aromatic nitrogens is 1. The molecule has 1 fully saturated rings. The molecule has 18 heavy (non-hydrogen) atoms. The standard InChI is InChI=1S/C12H11N3O3/c1-18-12(17)8-5-11(16)15(7-8)10-3-2-4-14-9(10)6-13/h2-4,8H,5,7H2,1H3. The molecular formula is C12H11N3O3. The fourth-order valence-corrected chi connectivity index (χ4v) is 1.97. The van der Waals surface area contributed by atoms with E-state index in [2.05, 4.69) is 9.72 Å². The third kappa shape index (κ3) is 2.02. The van der Waals surface area contributed by atoms with E-state index >= 15 is 0 Å². The van der Waals surface area contributed by atoms with Crippen LogP contribution in [0, 0.1) is 17.2 Å². The summed E-state index contributed by atoms with van der Waals surface area (Å²) in [4.78, 5) is 28.6. The van der Waals surface area contributed by atoms with Crippen LogP contribution in [0.3, 0.4) is 0 Å². The second kappa shape index (κ2) is 4.84. The number of amides is 1. The maximum atomic E-state index is 11.9. The quantitative estimate of drug-likeness (QED) is 0.707. The van der Waals surface area contributed by atoms with E-state index in [4.69, 9.17) is 5.26 Å². The lowest BCUT2D eigenvalue weighted by atomic mass is 10.1. The van der Waals surface area contributed by atoms with Gasteiger partial charge in [-0.3, -0.25) is 9.59 Å². The molecular weight excluding hydrogens is 234 g/mol. The van der Waals surface area contributed by atoms with Crippen molar-refractivity contribution in [3.05, 3.63) is 24.0 Å². The second-order valence-electron chi connectivity index (χ2n) is 3.91. The lowest BCUT2D eigenvalue weighted by Crippen LogP contribution is -2.27. The third-order valence-corrected chi connectivity index (χ3v) is 2.84. The van der Waals surface area contributed by atoms with Crippen molar-refractivity contribution in [2.24, 2.45) is 5.92 Å². The van der Waals surface area contributed by atoms with E-state index in [-0.39, 0.29) is 24.6 Å². The molecule has 0 N–H and O–H groups in total. The van der Waals surface area contributed by atoms with Gasteiger partial charge in [0.05, 0.1) is 18.7 Å². The predicted molar refractivity (Wildman–Crippen MR) is 61.4 cm³/mol. The van der Waals surface area contributed by atoms with E-state index in [0.29, 0.717) is 5.69 Å². The minimum atomic E-state index is -0.478. The number of hydrogen-bond acceptors (Lipinski definition) is 5. The number of carbonyl (C=O) groups is 2. The molecule has 1 saturated heterocycles. The van der Waals surface area contributed by atoms with Gasteiger partial charge in [-0.1, -0.05) is 0 Å². The highest BCUT2D eigenvalue weighted by Crippen LogP contribution is 2.27. The first-order valence-electron chi connectivity index (χ1n) is 5.40. The van der Waals surface area contributed by atoms with E-state index in [0.717, 1.165) is 0 Å². The van der Waals surface area contributed by atoms with E-state index in [1.807, 2.05) is 6.07 Å². The van der Waals surface area contributed by atoms with Crippen LogP contribution in [0.15, 0.2) is 18.3 Å². The summed E-state index contributed by atoms with van der Waals surface area (Å²) in [5, 5.41) is 8.94. The molecule has 1 aromatic heterocycles. The summed E-state index contributed by atoms with van der Waals surface area (Å²) in [6, 6.07) is 5.22. The number of anilines is 1. The number of methoxy groups -OCH3 is 1. The summed E-state index contributed by atoms with van der Waals surface area (Å²) in [5.74, 6) is -1.09. The first kappa shape index (κ1) is 12.0. The average molecular weight is 245 g/mol. The zero-order valence-electron chi connectivity index (χ0n) is 9.79. The molecule has 0 aliphatic carbocycles. The van der Waals surface area contributed by atoms with Crippen molar-refractivity contribution in [3.8, 4) is 6.07 Å². The molecule has 0 spiro atoms. The number of pyridine rings is 1. The molecule has 6 heteroatoms. The van der Waals surface area contributed by atoms with E-state index in [9.17, 15) is 9.59 Å². The van der Waals surface area contributed by atoms with Crippen molar-refractivity contribution in [1.82, 2.24) is 4.98 Å². The Hall–Kier alpha value is -2.42. The maximum absolute atomic E-state index is 11.9. The lowest BCUT2D eigenvalue weighted by Gasteiger charge is -2.16. The van der Waals surface area contributed by atoms with E-state index < -0.39 is 11.9 Å². The molecule has 1 aromatic rings. The van der Waals surface area contributed by atoms with Crippen molar-refractivity contribution < 1.29 is 14.3 Å². The van der Waals surface area contributed by atoms with Crippen LogP contribution in [-0.2, 0) is 14.3 Å². The van der Waals surface area contributed by atoms with Crippen molar-refractivity contribution >= 4 is 17.6 Å². The normalized spacial score (nSPS) is 18.6. The minimum Gasteiger partial charge on any atom is -0.469 e. The van der Waals surface area contributed by atoms with Crippen LogP contribution in [0.2, 0.25) is 0 Å². The number of nitrogens with zero attached hydrogens (tertiary/aromatic N) is 3. The van der Waals surface area contributed by atoms with Gasteiger partial charge < -0.3 is 9.64 Å². The van der Waals surface area contributed by atoms with Crippen molar-refractivity contribution in [2.75, 3.05) is 18.6 Å². The summed E-state index contributed by atoms with van der Waals surface area (Å²) in [5.41, 5.74) is 0.618. The highest BCUT2D eigenvalue weighted by molar-refractivity contribution is 6.00. The van der Waals surface area contributed by atoms with Crippen LogP contribution in [0.5, 0.6) is 0 Å². The zero-order valence-corrected chi connectivity index (χ0v) is 9.79. The molecule has 0 radical (unpaired) electrons. The van der Waals surface area contributed by atoms with Gasteiger partial charge in [-0.2, -0.15) is 5.26 Å². The van der Waals surface area contributed by atoms with Crippen molar-refractivity contribution in [3.63, 3.8) is 0 Å². The van der Waals surface area contributed by atoms with Gasteiger partial charge in [-0.15, -0.1) is 0 Å². The van der Waals surface area contributed by atoms with Crippen LogP contribution in [0.1, 0.15) is 12.1 Å². The Bertz CT molecular complexity index is 536. The molecule has 0 bridgehead atoms. The van der Waals surface area contributed by atoms with E-state index in [1.165, 1.54) is 18.2 Å². The van der Waals surface area contributed by atoms with Crippen molar-refractivity contribution in [2.45, 2.75) is 6.42 Å². The van der Waals surface area contributed by atoms with Crippen molar-refractivity contribution in [1.29, 1.82) is 5.26 Å². The molecule has 0 saturated carbocycles. The topological polar surface area (TPSA) is 83.3 Å². The fourth-order valence-electron chi connectivity index (χ4n) is 1.97. The molecule has 1 aliphatic heterocycles. The van der Waals surface area contributed by atoms with E-state index in [1.54, 1.807) is 12.1 Å². The highest BCUT2D eigenvalue weighted by Gasteiger charge is 2.36. The number of ether oxygens (including phenoxy) is 1. The summed E-state index contributed by atoms with van der Waals surface area (Å²) in [6.07, 6.45) is 1.59. The molecule has 1 amide bonds. The van der Waals surface area contributed by atoms with Gasteiger partial charge >= 0.3 is 5.97 Å². The van der Waals surface area contributed by atoms with Crippen LogP contribution in [0.25, 0.3) is 0 Å². The van der Waals surface area contributed by atoms with Crippen LogP contribution in [0.4, 0.5) is 5.69 Å². The molecule has 1 unspecified atom stereocenters. The highest BCUT2D eigenvalue weighted by atomic mass is 16.5. The van der Waals surface area contributed by atoms with Gasteiger partial charge in [0.15, 0.2) is 5.69 Å². The average Bonchev–Trinajstić information content (AvgIpc) is 2.79. The third-order valence-electron chi connectivity index (χ3n) is 2.84. The molecule has 1 atom stereocenters. The lowest BCUT2D eigenvalue weighted by molar-refractivity contribution is -0.145. The summed E-state index contributed by atoms with van der Waals surface area (Å²) >= 11 is 0. The summed E-state index contributed by atoms with van der Waals surface area (Å²) < 4.78 is 4.62. The zero-order chi connectivity index (χ0) is 13.1. The number of esters is 1. The summed E-state index contributed by atoms with van der Waals surface area (Å²) in [7, 11) is 1.29. The van der Waals surface area contributed by atoms with Gasteiger partial charge in [0, 0.05) is 19.2 Å². The van der Waals surface area contributed by atoms with Gasteiger partial charge in [0.1, 0.15) is 6.07 Å². The summed E-state index contributed by atoms with van der Waals surface area (Å²) in [6.45, 7) is 0.228. The largest absolute Gasteiger partial charge is 0.469 e. The first-order valence-corrected chi connectivity index (χ1v) is 5.40. The van der Waals surface area contributed by atoms with Gasteiger partial charge in [0.25, 0.3) is 0 Å².